The Morgan fingerprint density at radius 2 is 1.92 bits per heavy atom. The molecule has 1 fully saturated rings. The van der Waals surface area contributed by atoms with E-state index >= 15 is 0 Å². The molecular weight excluding hydrogens is 334 g/mol. The molecule has 0 N–H and O–H groups in total. The van der Waals surface area contributed by atoms with Gasteiger partial charge in [0, 0.05) is 38.8 Å². The van der Waals surface area contributed by atoms with Crippen LogP contribution in [-0.4, -0.2) is 60.5 Å². The molecule has 1 aliphatic heterocycles. The fourth-order valence-electron chi connectivity index (χ4n) is 2.88. The monoisotopic (exact) mass is 353 g/mol. The Hall–Kier alpha value is -2.13. The summed E-state index contributed by atoms with van der Waals surface area (Å²) >= 11 is 0. The number of oxazole rings is 1. The molecule has 3 rings (SSSR count). The Morgan fingerprint density at radius 3 is 2.62 bits per heavy atom. The second kappa shape index (κ2) is 6.06. The third kappa shape index (κ3) is 3.09. The van der Waals surface area contributed by atoms with Crippen molar-refractivity contribution in [2.45, 2.75) is 6.42 Å². The van der Waals surface area contributed by atoms with Crippen molar-refractivity contribution in [3.63, 3.8) is 0 Å². The van der Waals surface area contributed by atoms with Crippen molar-refractivity contribution in [1.82, 2.24) is 13.8 Å². The number of hydrogen-bond donors (Lipinski definition) is 0. The summed E-state index contributed by atoms with van der Waals surface area (Å²) in [7, 11) is -1.65. The summed E-state index contributed by atoms with van der Waals surface area (Å²) in [6.45, 7) is 1.52. The molecule has 2 aromatic rings. The summed E-state index contributed by atoms with van der Waals surface area (Å²) in [5.41, 5.74) is 1.40. The maximum atomic E-state index is 12.7. The zero-order valence-corrected chi connectivity index (χ0v) is 14.4. The molecule has 1 aromatic carbocycles. The fraction of sp³-hybridized carbons (Fsp3) is 0.467. The van der Waals surface area contributed by atoms with Crippen molar-refractivity contribution in [2.24, 2.45) is 7.05 Å². The van der Waals surface area contributed by atoms with Crippen LogP contribution in [0.5, 0.6) is 0 Å². The lowest BCUT2D eigenvalue weighted by atomic mass is 10.1. The first kappa shape index (κ1) is 16.7. The summed E-state index contributed by atoms with van der Waals surface area (Å²) in [4.78, 5) is 25.8. The molecule has 24 heavy (non-hydrogen) atoms. The first-order valence-corrected chi connectivity index (χ1v) is 9.46. The van der Waals surface area contributed by atoms with Crippen LogP contribution >= 0.6 is 0 Å². The van der Waals surface area contributed by atoms with Gasteiger partial charge in [0.2, 0.25) is 10.0 Å². The Bertz CT molecular complexity index is 944. The van der Waals surface area contributed by atoms with Gasteiger partial charge in [-0.15, -0.1) is 0 Å². The molecular formula is C15H19N3O5S. The molecule has 1 saturated heterocycles. The van der Waals surface area contributed by atoms with Crippen LogP contribution in [-0.2, 0) is 17.1 Å². The van der Waals surface area contributed by atoms with Crippen molar-refractivity contribution in [3.8, 4) is 0 Å². The maximum Gasteiger partial charge on any atom is 0.419 e. The molecule has 1 amide bonds. The van der Waals surface area contributed by atoms with E-state index in [1.165, 1.54) is 15.1 Å². The number of fused-ring (bicyclic) bond motifs is 1. The van der Waals surface area contributed by atoms with Crippen molar-refractivity contribution < 1.29 is 17.6 Å². The molecule has 0 saturated carbocycles. The van der Waals surface area contributed by atoms with Gasteiger partial charge in [0.15, 0.2) is 5.58 Å². The number of nitrogens with zero attached hydrogens (tertiary/aromatic N) is 3. The SMILES string of the molecule is Cn1c(=O)oc2cc(C(=O)N3CCCN(S(C)(=O)=O)CC3)ccc21. The van der Waals surface area contributed by atoms with Crippen LogP contribution in [0, 0.1) is 0 Å². The summed E-state index contributed by atoms with van der Waals surface area (Å²) in [5.74, 6) is -0.674. The average Bonchev–Trinajstić information content (AvgIpc) is 2.71. The highest BCUT2D eigenvalue weighted by atomic mass is 32.2. The van der Waals surface area contributed by atoms with Crippen LogP contribution in [0.4, 0.5) is 0 Å². The van der Waals surface area contributed by atoms with Gasteiger partial charge < -0.3 is 9.32 Å². The molecule has 0 aliphatic carbocycles. The molecule has 0 bridgehead atoms. The van der Waals surface area contributed by atoms with Crippen LogP contribution in [0.2, 0.25) is 0 Å². The van der Waals surface area contributed by atoms with Gasteiger partial charge in [-0.05, 0) is 24.6 Å². The van der Waals surface area contributed by atoms with Crippen LogP contribution in [0.1, 0.15) is 16.8 Å². The Kier molecular flexibility index (Phi) is 4.22. The standard InChI is InChI=1S/C15H19N3O5S/c1-16-12-5-4-11(10-13(12)23-15(16)20)14(19)17-6-3-7-18(9-8-17)24(2,21)22/h4-5,10H,3,6-9H2,1-2H3. The molecule has 0 radical (unpaired) electrons. The maximum absolute atomic E-state index is 12.7. The number of carbonyl (C=O) groups excluding carboxylic acids is 1. The number of rotatable bonds is 2. The van der Waals surface area contributed by atoms with E-state index in [1.54, 1.807) is 30.1 Å². The summed E-state index contributed by atoms with van der Waals surface area (Å²) in [6.07, 6.45) is 1.76. The molecule has 1 aromatic heterocycles. The predicted octanol–water partition coefficient (Wildman–Crippen LogP) is 0.239. The largest absolute Gasteiger partial charge is 0.419 e. The highest BCUT2D eigenvalue weighted by molar-refractivity contribution is 7.88. The average molecular weight is 353 g/mol. The molecule has 0 unspecified atom stereocenters. The topological polar surface area (TPSA) is 92.8 Å². The Morgan fingerprint density at radius 1 is 1.17 bits per heavy atom. The number of aromatic nitrogens is 1. The van der Waals surface area contributed by atoms with Crippen molar-refractivity contribution in [2.75, 3.05) is 32.4 Å². The summed E-state index contributed by atoms with van der Waals surface area (Å²) < 4.78 is 31.2. The van der Waals surface area contributed by atoms with Crippen LogP contribution in [0.15, 0.2) is 27.4 Å². The van der Waals surface area contributed by atoms with Crippen molar-refractivity contribution >= 4 is 27.0 Å². The third-order valence-corrected chi connectivity index (χ3v) is 5.55. The minimum Gasteiger partial charge on any atom is -0.408 e. The number of benzene rings is 1. The second-order valence-corrected chi connectivity index (χ2v) is 7.90. The minimum absolute atomic E-state index is 0.196. The summed E-state index contributed by atoms with van der Waals surface area (Å²) in [5, 5.41) is 0. The molecule has 0 spiro atoms. The van der Waals surface area contributed by atoms with Crippen molar-refractivity contribution in [1.29, 1.82) is 0 Å². The van der Waals surface area contributed by atoms with Gasteiger partial charge in [-0.25, -0.2) is 17.5 Å². The molecule has 2 heterocycles. The van der Waals surface area contributed by atoms with E-state index in [1.807, 2.05) is 0 Å². The lowest BCUT2D eigenvalue weighted by Gasteiger charge is -2.21. The quantitative estimate of drug-likeness (QED) is 0.771. The number of hydrogen-bond acceptors (Lipinski definition) is 5. The predicted molar refractivity (Wildman–Crippen MR) is 88.4 cm³/mol. The van der Waals surface area contributed by atoms with Gasteiger partial charge in [-0.2, -0.15) is 0 Å². The van der Waals surface area contributed by atoms with Crippen LogP contribution in [0.25, 0.3) is 11.1 Å². The Labute approximate surface area is 139 Å². The molecule has 9 heteroatoms. The Balaban J connectivity index is 1.82. The lowest BCUT2D eigenvalue weighted by molar-refractivity contribution is 0.0764. The normalized spacial score (nSPS) is 17.2. The van der Waals surface area contributed by atoms with Gasteiger partial charge in [0.1, 0.15) is 0 Å². The number of amides is 1. The molecule has 130 valence electrons. The summed E-state index contributed by atoms with van der Waals surface area (Å²) in [6, 6.07) is 4.88. The van der Waals surface area contributed by atoms with E-state index in [0.717, 1.165) is 0 Å². The lowest BCUT2D eigenvalue weighted by Crippen LogP contribution is -2.36. The highest BCUT2D eigenvalue weighted by Gasteiger charge is 2.24. The number of carbonyl (C=O) groups is 1. The number of aryl methyl sites for hydroxylation is 1. The zero-order chi connectivity index (χ0) is 17.5. The first-order chi connectivity index (χ1) is 11.3. The van der Waals surface area contributed by atoms with Gasteiger partial charge >= 0.3 is 5.76 Å². The van der Waals surface area contributed by atoms with Gasteiger partial charge in [-0.1, -0.05) is 0 Å². The van der Waals surface area contributed by atoms with E-state index < -0.39 is 15.8 Å². The molecule has 1 aliphatic rings. The van der Waals surface area contributed by atoms with Crippen molar-refractivity contribution in [3.05, 3.63) is 34.3 Å². The first-order valence-electron chi connectivity index (χ1n) is 7.61. The fourth-order valence-corrected chi connectivity index (χ4v) is 3.75. The van der Waals surface area contributed by atoms with Crippen LogP contribution < -0.4 is 5.76 Å². The molecule has 0 atom stereocenters. The van der Waals surface area contributed by atoms with E-state index in [9.17, 15) is 18.0 Å². The zero-order valence-electron chi connectivity index (χ0n) is 13.6. The minimum atomic E-state index is -3.25. The second-order valence-electron chi connectivity index (χ2n) is 5.92. The van der Waals surface area contributed by atoms with Gasteiger partial charge in [-0.3, -0.25) is 9.36 Å². The van der Waals surface area contributed by atoms with Gasteiger partial charge in [0.05, 0.1) is 11.8 Å². The molecule has 8 nitrogen and oxygen atoms in total. The highest BCUT2D eigenvalue weighted by Crippen LogP contribution is 2.17. The third-order valence-electron chi connectivity index (χ3n) is 4.25. The van der Waals surface area contributed by atoms with E-state index in [0.29, 0.717) is 42.7 Å². The van der Waals surface area contributed by atoms with Gasteiger partial charge in [0.25, 0.3) is 5.91 Å². The number of sulfonamides is 1. The van der Waals surface area contributed by atoms with E-state index in [-0.39, 0.29) is 12.5 Å². The van der Waals surface area contributed by atoms with E-state index in [4.69, 9.17) is 4.42 Å². The van der Waals surface area contributed by atoms with E-state index in [2.05, 4.69) is 0 Å². The smallest absolute Gasteiger partial charge is 0.408 e. The van der Waals surface area contributed by atoms with Crippen LogP contribution in [0.3, 0.4) is 0 Å².